The highest BCUT2D eigenvalue weighted by Crippen LogP contribution is 2.36. The number of amides is 1. The van der Waals surface area contributed by atoms with Crippen molar-refractivity contribution in [1.29, 1.82) is 0 Å². The van der Waals surface area contributed by atoms with Gasteiger partial charge in [0.25, 0.3) is 0 Å². The van der Waals surface area contributed by atoms with E-state index in [0.29, 0.717) is 24.6 Å². The molecule has 2 aliphatic rings. The summed E-state index contributed by atoms with van der Waals surface area (Å²) in [6.45, 7) is 0.937. The van der Waals surface area contributed by atoms with Crippen molar-refractivity contribution in [2.45, 2.75) is 13.0 Å². The van der Waals surface area contributed by atoms with Gasteiger partial charge >= 0.3 is 0 Å². The number of carbonyl (C=O) groups is 1. The number of benzene rings is 1. The summed E-state index contributed by atoms with van der Waals surface area (Å²) in [6, 6.07) is 5.51. The normalized spacial score (nSPS) is 21.1. The number of rotatable bonds is 4. The summed E-state index contributed by atoms with van der Waals surface area (Å²) in [6.07, 6.45) is 0.207. The molecular weight excluding hydrogens is 318 g/mol. The molecule has 1 aromatic rings. The van der Waals surface area contributed by atoms with Crippen molar-refractivity contribution in [2.75, 3.05) is 19.1 Å². The lowest BCUT2D eigenvalue weighted by Crippen LogP contribution is -2.25. The Morgan fingerprint density at radius 2 is 2.14 bits per heavy atom. The molecule has 0 radical (unpaired) electrons. The van der Waals surface area contributed by atoms with Gasteiger partial charge < -0.3 is 14.4 Å². The zero-order valence-corrected chi connectivity index (χ0v) is 12.7. The quantitative estimate of drug-likeness (QED) is 0.778. The third-order valence-electron chi connectivity index (χ3n) is 3.57. The highest BCUT2D eigenvalue weighted by atomic mass is 35.7. The fourth-order valence-corrected chi connectivity index (χ4v) is 4.04. The lowest BCUT2D eigenvalue weighted by atomic mass is 10.1. The Kier molecular flexibility index (Phi) is 3.71. The largest absolute Gasteiger partial charge is 0.454 e. The Morgan fingerprint density at radius 1 is 1.33 bits per heavy atom. The second-order valence-corrected chi connectivity index (χ2v) is 8.02. The van der Waals surface area contributed by atoms with E-state index in [4.69, 9.17) is 20.2 Å². The fourth-order valence-electron chi connectivity index (χ4n) is 2.72. The van der Waals surface area contributed by atoms with Crippen LogP contribution >= 0.6 is 10.7 Å². The second-order valence-electron chi connectivity index (χ2n) is 5.20. The smallest absolute Gasteiger partial charge is 0.232 e. The number of halogens is 1. The van der Waals surface area contributed by atoms with Crippen molar-refractivity contribution >= 4 is 25.6 Å². The van der Waals surface area contributed by atoms with Crippen LogP contribution in [0.3, 0.4) is 0 Å². The van der Waals surface area contributed by atoms with E-state index in [2.05, 4.69) is 0 Å². The molecule has 2 heterocycles. The summed E-state index contributed by atoms with van der Waals surface area (Å²) in [5.41, 5.74) is 0.854. The molecule has 0 bridgehead atoms. The first-order valence-corrected chi connectivity index (χ1v) is 8.98. The molecule has 1 unspecified atom stereocenters. The summed E-state index contributed by atoms with van der Waals surface area (Å²) in [5, 5.41) is 0. The number of likely N-dealkylation sites (tertiary alicyclic amines) is 1. The average molecular weight is 332 g/mol. The first-order chi connectivity index (χ1) is 9.92. The molecule has 0 N–H and O–H groups in total. The number of hydrogen-bond acceptors (Lipinski definition) is 5. The zero-order valence-electron chi connectivity index (χ0n) is 11.1. The van der Waals surface area contributed by atoms with Crippen LogP contribution in [0.15, 0.2) is 18.2 Å². The number of ether oxygens (including phenoxy) is 2. The molecule has 6 nitrogen and oxygen atoms in total. The van der Waals surface area contributed by atoms with Gasteiger partial charge in [0.2, 0.25) is 21.8 Å². The summed E-state index contributed by atoms with van der Waals surface area (Å²) in [4.78, 5) is 13.6. The Hall–Kier alpha value is -1.47. The van der Waals surface area contributed by atoms with Gasteiger partial charge in [0.15, 0.2) is 11.5 Å². The molecule has 1 fully saturated rings. The van der Waals surface area contributed by atoms with Crippen molar-refractivity contribution in [1.82, 2.24) is 4.90 Å². The van der Waals surface area contributed by atoms with E-state index in [1.165, 1.54) is 0 Å². The first kappa shape index (κ1) is 14.5. The van der Waals surface area contributed by atoms with Gasteiger partial charge in [0, 0.05) is 41.7 Å². The second kappa shape index (κ2) is 5.38. The highest BCUT2D eigenvalue weighted by Gasteiger charge is 2.33. The SMILES string of the molecule is O=C1CC(CS(=O)(=O)Cl)CN1Cc1cccc2c1OCO2. The zero-order chi connectivity index (χ0) is 15.0. The van der Waals surface area contributed by atoms with E-state index in [-0.39, 0.29) is 30.8 Å². The van der Waals surface area contributed by atoms with Gasteiger partial charge in [0.1, 0.15) is 0 Å². The third kappa shape index (κ3) is 3.24. The number of nitrogens with zero attached hydrogens (tertiary/aromatic N) is 1. The molecule has 0 saturated carbocycles. The Labute approximate surface area is 127 Å². The molecule has 0 aromatic heterocycles. The average Bonchev–Trinajstić information content (AvgIpc) is 2.95. The van der Waals surface area contributed by atoms with Crippen LogP contribution < -0.4 is 9.47 Å². The van der Waals surface area contributed by atoms with E-state index in [1.54, 1.807) is 11.0 Å². The number of para-hydroxylation sites is 1. The maximum atomic E-state index is 12.0. The van der Waals surface area contributed by atoms with E-state index in [0.717, 1.165) is 5.56 Å². The summed E-state index contributed by atoms with van der Waals surface area (Å²) >= 11 is 0. The van der Waals surface area contributed by atoms with Gasteiger partial charge in [-0.25, -0.2) is 8.42 Å². The van der Waals surface area contributed by atoms with E-state index in [1.807, 2.05) is 12.1 Å². The van der Waals surface area contributed by atoms with Gasteiger partial charge in [-0.1, -0.05) is 12.1 Å². The topological polar surface area (TPSA) is 72.9 Å². The lowest BCUT2D eigenvalue weighted by molar-refractivity contribution is -0.128. The van der Waals surface area contributed by atoms with Crippen molar-refractivity contribution in [2.24, 2.45) is 5.92 Å². The van der Waals surface area contributed by atoms with Crippen LogP contribution in [0.1, 0.15) is 12.0 Å². The Morgan fingerprint density at radius 3 is 2.90 bits per heavy atom. The number of hydrogen-bond donors (Lipinski definition) is 0. The predicted molar refractivity (Wildman–Crippen MR) is 75.7 cm³/mol. The lowest BCUT2D eigenvalue weighted by Gasteiger charge is -2.17. The maximum absolute atomic E-state index is 12.0. The standard InChI is InChI=1S/C13H14ClNO5S/c14-21(17,18)7-9-4-12(16)15(5-9)6-10-2-1-3-11-13(10)20-8-19-11/h1-3,9H,4-8H2. The molecule has 1 atom stereocenters. The molecular formula is C13H14ClNO5S. The molecule has 2 aliphatic heterocycles. The van der Waals surface area contributed by atoms with Gasteiger partial charge in [0.05, 0.1) is 5.75 Å². The predicted octanol–water partition coefficient (Wildman–Crippen LogP) is 1.33. The number of fused-ring (bicyclic) bond motifs is 1. The van der Waals surface area contributed by atoms with Crippen LogP contribution in [0.5, 0.6) is 11.5 Å². The summed E-state index contributed by atoms with van der Waals surface area (Å²) < 4.78 is 32.9. The van der Waals surface area contributed by atoms with Crippen LogP contribution in [0, 0.1) is 5.92 Å². The molecule has 1 aromatic carbocycles. The molecule has 21 heavy (non-hydrogen) atoms. The third-order valence-corrected chi connectivity index (χ3v) is 4.82. The van der Waals surface area contributed by atoms with Crippen LogP contribution in [0.2, 0.25) is 0 Å². The monoisotopic (exact) mass is 331 g/mol. The molecule has 3 rings (SSSR count). The molecule has 114 valence electrons. The van der Waals surface area contributed by atoms with E-state index < -0.39 is 9.05 Å². The van der Waals surface area contributed by atoms with Gasteiger partial charge in [-0.3, -0.25) is 4.79 Å². The van der Waals surface area contributed by atoms with Crippen LogP contribution in [-0.2, 0) is 20.4 Å². The van der Waals surface area contributed by atoms with Crippen LogP contribution in [-0.4, -0.2) is 38.3 Å². The fraction of sp³-hybridized carbons (Fsp3) is 0.462. The van der Waals surface area contributed by atoms with Crippen molar-refractivity contribution < 1.29 is 22.7 Å². The molecule has 1 amide bonds. The Balaban J connectivity index is 1.72. The minimum atomic E-state index is -3.59. The maximum Gasteiger partial charge on any atom is 0.232 e. The Bertz CT molecular complexity index is 675. The minimum absolute atomic E-state index is 0.0724. The number of carbonyl (C=O) groups excluding carboxylic acids is 1. The molecule has 0 aliphatic carbocycles. The van der Waals surface area contributed by atoms with Gasteiger partial charge in [-0.05, 0) is 6.07 Å². The van der Waals surface area contributed by atoms with Gasteiger partial charge in [-0.2, -0.15) is 0 Å². The first-order valence-electron chi connectivity index (χ1n) is 6.50. The van der Waals surface area contributed by atoms with E-state index in [9.17, 15) is 13.2 Å². The molecule has 0 spiro atoms. The van der Waals surface area contributed by atoms with E-state index >= 15 is 0 Å². The molecule has 8 heteroatoms. The minimum Gasteiger partial charge on any atom is -0.454 e. The van der Waals surface area contributed by atoms with Crippen molar-refractivity contribution in [3.05, 3.63) is 23.8 Å². The van der Waals surface area contributed by atoms with Crippen LogP contribution in [0.25, 0.3) is 0 Å². The highest BCUT2D eigenvalue weighted by molar-refractivity contribution is 8.13. The summed E-state index contributed by atoms with van der Waals surface area (Å²) in [7, 11) is 1.66. The molecule has 1 saturated heterocycles. The van der Waals surface area contributed by atoms with Gasteiger partial charge in [-0.15, -0.1) is 0 Å². The van der Waals surface area contributed by atoms with Crippen LogP contribution in [0.4, 0.5) is 0 Å². The van der Waals surface area contributed by atoms with Crippen molar-refractivity contribution in [3.8, 4) is 11.5 Å². The van der Waals surface area contributed by atoms with Crippen molar-refractivity contribution in [3.63, 3.8) is 0 Å². The summed E-state index contributed by atoms with van der Waals surface area (Å²) in [5.74, 6) is 0.812.